The molecule has 1 rings (SSSR count). The van der Waals surface area contributed by atoms with Crippen LogP contribution in [-0.4, -0.2) is 25.3 Å². The molecule has 3 N–H and O–H groups in total. The Morgan fingerprint density at radius 2 is 1.94 bits per heavy atom. The maximum atomic E-state index is 11.5. The van der Waals surface area contributed by atoms with Crippen molar-refractivity contribution in [3.63, 3.8) is 0 Å². The van der Waals surface area contributed by atoms with E-state index in [2.05, 4.69) is 26.1 Å². The Morgan fingerprint density at radius 3 is 2.29 bits per heavy atom. The van der Waals surface area contributed by atoms with Crippen LogP contribution in [0, 0.1) is 11.3 Å². The molecular formula is C13H26N2O2. The largest absolute Gasteiger partial charge is 0.453 e. The topological polar surface area (TPSA) is 64.3 Å². The van der Waals surface area contributed by atoms with E-state index in [1.165, 1.54) is 7.11 Å². The van der Waals surface area contributed by atoms with E-state index in [1.807, 2.05) is 0 Å². The van der Waals surface area contributed by atoms with Crippen molar-refractivity contribution in [1.29, 1.82) is 0 Å². The minimum absolute atomic E-state index is 0.0285. The van der Waals surface area contributed by atoms with Gasteiger partial charge in [0.1, 0.15) is 0 Å². The summed E-state index contributed by atoms with van der Waals surface area (Å²) in [6, 6.07) is 0. The third kappa shape index (κ3) is 3.12. The number of methoxy groups -OCH3 is 1. The highest BCUT2D eigenvalue weighted by atomic mass is 16.5. The van der Waals surface area contributed by atoms with Crippen molar-refractivity contribution >= 4 is 6.09 Å². The number of alkyl carbamates (subject to hydrolysis) is 1. The summed E-state index contributed by atoms with van der Waals surface area (Å²) in [7, 11) is 1.41. The molecular weight excluding hydrogens is 216 g/mol. The van der Waals surface area contributed by atoms with Crippen molar-refractivity contribution in [3.05, 3.63) is 0 Å². The third-order valence-corrected chi connectivity index (χ3v) is 4.25. The summed E-state index contributed by atoms with van der Waals surface area (Å²) in [6.45, 7) is 7.27. The third-order valence-electron chi connectivity index (χ3n) is 4.25. The first-order chi connectivity index (χ1) is 7.84. The highest BCUT2D eigenvalue weighted by molar-refractivity contribution is 5.68. The van der Waals surface area contributed by atoms with Crippen LogP contribution in [0.15, 0.2) is 0 Å². The summed E-state index contributed by atoms with van der Waals surface area (Å²) < 4.78 is 4.75. The Morgan fingerprint density at radius 1 is 1.41 bits per heavy atom. The van der Waals surface area contributed by atoms with Crippen molar-refractivity contribution in [2.24, 2.45) is 17.1 Å². The average Bonchev–Trinajstić information content (AvgIpc) is 2.28. The summed E-state index contributed by atoms with van der Waals surface area (Å²) in [5.41, 5.74) is 5.58. The summed E-state index contributed by atoms with van der Waals surface area (Å²) in [5, 5.41) is 3.06. The van der Waals surface area contributed by atoms with E-state index in [9.17, 15) is 4.79 Å². The number of carbonyl (C=O) groups excluding carboxylic acids is 1. The number of hydrogen-bond donors (Lipinski definition) is 2. The lowest BCUT2D eigenvalue weighted by molar-refractivity contribution is 0.0639. The van der Waals surface area contributed by atoms with Gasteiger partial charge in [-0.25, -0.2) is 4.79 Å². The van der Waals surface area contributed by atoms with E-state index in [4.69, 9.17) is 10.5 Å². The van der Waals surface area contributed by atoms with Crippen molar-refractivity contribution in [2.75, 3.05) is 13.7 Å². The van der Waals surface area contributed by atoms with Gasteiger partial charge in [-0.3, -0.25) is 0 Å². The standard InChI is InChI=1S/C13H26N2O2/c1-12(2,3)13(15-11(16)17-4)7-5-10(9-14)6-8-13/h10H,5-9,14H2,1-4H3,(H,15,16). The second-order valence-electron chi connectivity index (χ2n) is 6.13. The van der Waals surface area contributed by atoms with Crippen molar-refractivity contribution in [3.8, 4) is 0 Å². The van der Waals surface area contributed by atoms with Crippen LogP contribution in [0.3, 0.4) is 0 Å². The van der Waals surface area contributed by atoms with Crippen LogP contribution in [0.25, 0.3) is 0 Å². The van der Waals surface area contributed by atoms with Crippen LogP contribution in [0.2, 0.25) is 0 Å². The lowest BCUT2D eigenvalue weighted by Crippen LogP contribution is -2.59. The number of hydrogen-bond acceptors (Lipinski definition) is 3. The lowest BCUT2D eigenvalue weighted by Gasteiger charge is -2.49. The molecule has 0 aromatic rings. The second-order valence-corrected chi connectivity index (χ2v) is 6.13. The molecule has 0 atom stereocenters. The number of nitrogens with one attached hydrogen (secondary N) is 1. The Labute approximate surface area is 104 Å². The summed E-state index contributed by atoms with van der Waals surface area (Å²) in [5.74, 6) is 0.602. The van der Waals surface area contributed by atoms with Crippen LogP contribution in [0.4, 0.5) is 4.79 Å². The molecule has 1 saturated carbocycles. The minimum Gasteiger partial charge on any atom is -0.453 e. The molecule has 1 aliphatic carbocycles. The van der Waals surface area contributed by atoms with Crippen molar-refractivity contribution in [1.82, 2.24) is 5.32 Å². The molecule has 0 unspecified atom stereocenters. The molecule has 0 saturated heterocycles. The first-order valence-corrected chi connectivity index (χ1v) is 6.41. The average molecular weight is 242 g/mol. The predicted octanol–water partition coefficient (Wildman–Crippen LogP) is 2.28. The van der Waals surface area contributed by atoms with Gasteiger partial charge in [0.25, 0.3) is 0 Å². The summed E-state index contributed by atoms with van der Waals surface area (Å²) >= 11 is 0. The molecule has 0 aliphatic heterocycles. The van der Waals surface area contributed by atoms with Gasteiger partial charge in [0.05, 0.1) is 7.11 Å². The molecule has 1 amide bonds. The fourth-order valence-corrected chi connectivity index (χ4v) is 2.71. The van der Waals surface area contributed by atoms with Crippen LogP contribution in [0.5, 0.6) is 0 Å². The van der Waals surface area contributed by atoms with Gasteiger partial charge >= 0.3 is 6.09 Å². The fraction of sp³-hybridized carbons (Fsp3) is 0.923. The van der Waals surface area contributed by atoms with Crippen LogP contribution in [0.1, 0.15) is 46.5 Å². The normalized spacial score (nSPS) is 29.8. The minimum atomic E-state index is -0.328. The highest BCUT2D eigenvalue weighted by Gasteiger charge is 2.45. The summed E-state index contributed by atoms with van der Waals surface area (Å²) in [4.78, 5) is 11.5. The first-order valence-electron chi connectivity index (χ1n) is 6.41. The van der Waals surface area contributed by atoms with E-state index in [0.717, 1.165) is 32.2 Å². The van der Waals surface area contributed by atoms with E-state index in [1.54, 1.807) is 0 Å². The number of amides is 1. The van der Waals surface area contributed by atoms with Gasteiger partial charge in [-0.15, -0.1) is 0 Å². The number of carbonyl (C=O) groups is 1. The zero-order valence-corrected chi connectivity index (χ0v) is 11.5. The van der Waals surface area contributed by atoms with Crippen LogP contribution in [-0.2, 0) is 4.74 Å². The number of rotatable bonds is 2. The molecule has 0 aromatic carbocycles. The quantitative estimate of drug-likeness (QED) is 0.780. The van der Waals surface area contributed by atoms with Gasteiger partial charge in [0.2, 0.25) is 0 Å². The maximum Gasteiger partial charge on any atom is 0.407 e. The lowest BCUT2D eigenvalue weighted by atomic mass is 9.63. The molecule has 0 heterocycles. The van der Waals surface area contributed by atoms with E-state index < -0.39 is 0 Å². The zero-order valence-electron chi connectivity index (χ0n) is 11.5. The Balaban J connectivity index is 2.79. The molecule has 4 nitrogen and oxygen atoms in total. The van der Waals surface area contributed by atoms with E-state index in [-0.39, 0.29) is 17.0 Å². The second kappa shape index (κ2) is 5.25. The van der Waals surface area contributed by atoms with Gasteiger partial charge < -0.3 is 15.8 Å². The zero-order chi connectivity index (χ0) is 13.1. The van der Waals surface area contributed by atoms with E-state index >= 15 is 0 Å². The molecule has 1 fully saturated rings. The highest BCUT2D eigenvalue weighted by Crippen LogP contribution is 2.43. The molecule has 0 radical (unpaired) electrons. The molecule has 17 heavy (non-hydrogen) atoms. The van der Waals surface area contributed by atoms with Crippen molar-refractivity contribution < 1.29 is 9.53 Å². The smallest absolute Gasteiger partial charge is 0.407 e. The van der Waals surface area contributed by atoms with Gasteiger partial charge in [-0.1, -0.05) is 20.8 Å². The first kappa shape index (κ1) is 14.3. The molecule has 4 heteroatoms. The predicted molar refractivity (Wildman–Crippen MR) is 68.7 cm³/mol. The summed E-state index contributed by atoms with van der Waals surface area (Å²) in [6.07, 6.45) is 3.79. The van der Waals surface area contributed by atoms with Crippen molar-refractivity contribution in [2.45, 2.75) is 52.0 Å². The Bertz CT molecular complexity index is 263. The Kier molecular flexibility index (Phi) is 4.42. The van der Waals surface area contributed by atoms with Gasteiger partial charge in [-0.05, 0) is 43.6 Å². The molecule has 0 spiro atoms. The van der Waals surface area contributed by atoms with Gasteiger partial charge in [0.15, 0.2) is 0 Å². The van der Waals surface area contributed by atoms with Crippen LogP contribution >= 0.6 is 0 Å². The van der Waals surface area contributed by atoms with Crippen LogP contribution < -0.4 is 11.1 Å². The fourth-order valence-electron chi connectivity index (χ4n) is 2.71. The SMILES string of the molecule is COC(=O)NC1(C(C)(C)C)CCC(CN)CC1. The number of ether oxygens (including phenoxy) is 1. The van der Waals surface area contributed by atoms with Gasteiger partial charge in [0, 0.05) is 5.54 Å². The monoisotopic (exact) mass is 242 g/mol. The number of nitrogens with two attached hydrogens (primary N) is 1. The Hall–Kier alpha value is -0.770. The van der Waals surface area contributed by atoms with Gasteiger partial charge in [-0.2, -0.15) is 0 Å². The molecule has 0 aromatic heterocycles. The molecule has 1 aliphatic rings. The van der Waals surface area contributed by atoms with E-state index in [0.29, 0.717) is 5.92 Å². The maximum absolute atomic E-state index is 11.5. The molecule has 100 valence electrons. The molecule has 0 bridgehead atoms.